The summed E-state index contributed by atoms with van der Waals surface area (Å²) < 4.78 is 0. The van der Waals surface area contributed by atoms with Crippen molar-refractivity contribution < 1.29 is 0 Å². The van der Waals surface area contributed by atoms with Gasteiger partial charge in [-0.25, -0.2) is 0 Å². The average Bonchev–Trinajstić information content (AvgIpc) is 2.80. The van der Waals surface area contributed by atoms with Crippen LogP contribution in [-0.4, -0.2) is 0 Å². The van der Waals surface area contributed by atoms with Crippen molar-refractivity contribution in [1.82, 2.24) is 0 Å². The standard InChI is InChI=1S/C15H28/c1-6-12(3)8-9-13(7-2)10-14-11-15(14,4)5/h7,12,14H,6,8-11H2,1-5H3. The first kappa shape index (κ1) is 12.8. The first-order chi connectivity index (χ1) is 6.99. The summed E-state index contributed by atoms with van der Waals surface area (Å²) >= 11 is 0. The number of rotatable bonds is 6. The van der Waals surface area contributed by atoms with Gasteiger partial charge in [0.15, 0.2) is 0 Å². The zero-order valence-corrected chi connectivity index (χ0v) is 11.3. The molecule has 88 valence electrons. The first-order valence-corrected chi connectivity index (χ1v) is 6.63. The van der Waals surface area contributed by atoms with E-state index < -0.39 is 0 Å². The Bertz CT molecular complexity index is 222. The monoisotopic (exact) mass is 208 g/mol. The summed E-state index contributed by atoms with van der Waals surface area (Å²) in [5.74, 6) is 1.87. The van der Waals surface area contributed by atoms with Crippen LogP contribution in [0.2, 0.25) is 0 Å². The summed E-state index contributed by atoms with van der Waals surface area (Å²) in [6, 6.07) is 0. The molecule has 0 aromatic carbocycles. The van der Waals surface area contributed by atoms with Crippen LogP contribution in [0.15, 0.2) is 11.6 Å². The Morgan fingerprint density at radius 1 is 1.47 bits per heavy atom. The third-order valence-corrected chi connectivity index (χ3v) is 4.29. The van der Waals surface area contributed by atoms with Crippen molar-refractivity contribution in [3.63, 3.8) is 0 Å². The third kappa shape index (κ3) is 4.01. The minimum Gasteiger partial charge on any atom is -0.0884 e. The van der Waals surface area contributed by atoms with E-state index in [1.54, 1.807) is 5.57 Å². The normalized spacial score (nSPS) is 26.5. The predicted molar refractivity (Wildman–Crippen MR) is 69.0 cm³/mol. The van der Waals surface area contributed by atoms with Gasteiger partial charge in [-0.2, -0.15) is 0 Å². The van der Waals surface area contributed by atoms with Gasteiger partial charge in [0.2, 0.25) is 0 Å². The van der Waals surface area contributed by atoms with E-state index in [4.69, 9.17) is 0 Å². The van der Waals surface area contributed by atoms with Crippen molar-refractivity contribution in [2.75, 3.05) is 0 Å². The second-order valence-electron chi connectivity index (χ2n) is 6.09. The molecule has 0 saturated heterocycles. The molecule has 2 atom stereocenters. The van der Waals surface area contributed by atoms with Gasteiger partial charge < -0.3 is 0 Å². The topological polar surface area (TPSA) is 0 Å². The van der Waals surface area contributed by atoms with Crippen LogP contribution in [0.1, 0.15) is 66.7 Å². The van der Waals surface area contributed by atoms with Crippen LogP contribution in [0.3, 0.4) is 0 Å². The van der Waals surface area contributed by atoms with Crippen molar-refractivity contribution in [1.29, 1.82) is 0 Å². The van der Waals surface area contributed by atoms with Crippen LogP contribution in [0.4, 0.5) is 0 Å². The third-order valence-electron chi connectivity index (χ3n) is 4.29. The molecule has 0 nitrogen and oxygen atoms in total. The largest absolute Gasteiger partial charge is 0.0884 e. The molecule has 1 aliphatic rings. The minimum atomic E-state index is 0.643. The SMILES string of the molecule is CC=C(CCC(C)CC)CC1CC1(C)C. The van der Waals surface area contributed by atoms with E-state index in [0.29, 0.717) is 5.41 Å². The summed E-state index contributed by atoms with van der Waals surface area (Å²) in [6.07, 6.45) is 9.19. The second-order valence-corrected chi connectivity index (χ2v) is 6.09. The van der Waals surface area contributed by atoms with E-state index in [1.165, 1.54) is 32.1 Å². The van der Waals surface area contributed by atoms with E-state index in [0.717, 1.165) is 11.8 Å². The lowest BCUT2D eigenvalue weighted by Crippen LogP contribution is -1.97. The number of allylic oxidation sites excluding steroid dienone is 2. The summed E-state index contributed by atoms with van der Waals surface area (Å²) in [5, 5.41) is 0. The molecule has 0 radical (unpaired) electrons. The second kappa shape index (κ2) is 5.18. The van der Waals surface area contributed by atoms with Gasteiger partial charge in [-0.1, -0.05) is 45.8 Å². The fraction of sp³-hybridized carbons (Fsp3) is 0.867. The molecule has 0 heteroatoms. The van der Waals surface area contributed by atoms with Gasteiger partial charge in [0.25, 0.3) is 0 Å². The highest BCUT2D eigenvalue weighted by atomic mass is 14.5. The molecule has 0 aromatic rings. The maximum atomic E-state index is 2.40. The van der Waals surface area contributed by atoms with Crippen molar-refractivity contribution in [2.45, 2.75) is 66.7 Å². The maximum absolute atomic E-state index is 2.40. The average molecular weight is 208 g/mol. The molecule has 0 amide bonds. The molecule has 1 aliphatic carbocycles. The molecule has 0 heterocycles. The van der Waals surface area contributed by atoms with Gasteiger partial charge in [0.1, 0.15) is 0 Å². The molecule has 0 N–H and O–H groups in total. The Kier molecular flexibility index (Phi) is 4.43. The number of hydrogen-bond acceptors (Lipinski definition) is 0. The molecule has 0 aromatic heterocycles. The van der Waals surface area contributed by atoms with Gasteiger partial charge in [0.05, 0.1) is 0 Å². The molecule has 0 bridgehead atoms. The molecular formula is C15H28. The lowest BCUT2D eigenvalue weighted by Gasteiger charge is -2.11. The lowest BCUT2D eigenvalue weighted by atomic mass is 9.94. The van der Waals surface area contributed by atoms with Crippen molar-refractivity contribution >= 4 is 0 Å². The summed E-state index contributed by atoms with van der Waals surface area (Å²) in [7, 11) is 0. The Hall–Kier alpha value is -0.260. The van der Waals surface area contributed by atoms with E-state index in [9.17, 15) is 0 Å². The van der Waals surface area contributed by atoms with Gasteiger partial charge in [-0.3, -0.25) is 0 Å². The quantitative estimate of drug-likeness (QED) is 0.527. The van der Waals surface area contributed by atoms with Gasteiger partial charge >= 0.3 is 0 Å². The van der Waals surface area contributed by atoms with Gasteiger partial charge in [0, 0.05) is 0 Å². The van der Waals surface area contributed by atoms with E-state index in [1.807, 2.05) is 0 Å². The molecule has 0 spiro atoms. The molecule has 15 heavy (non-hydrogen) atoms. The van der Waals surface area contributed by atoms with Crippen LogP contribution in [0.25, 0.3) is 0 Å². The van der Waals surface area contributed by atoms with Gasteiger partial charge in [-0.15, -0.1) is 0 Å². The Morgan fingerprint density at radius 3 is 2.47 bits per heavy atom. The predicted octanol–water partition coefficient (Wildman–Crippen LogP) is 5.20. The highest BCUT2D eigenvalue weighted by Gasteiger charge is 2.45. The Labute approximate surface area is 96.2 Å². The summed E-state index contributed by atoms with van der Waals surface area (Å²) in [6.45, 7) is 11.7. The molecule has 2 unspecified atom stereocenters. The smallest absolute Gasteiger partial charge is 0.0287 e. The fourth-order valence-corrected chi connectivity index (χ4v) is 2.24. The summed E-state index contributed by atoms with van der Waals surface area (Å²) in [5.41, 5.74) is 2.34. The van der Waals surface area contributed by atoms with Crippen molar-refractivity contribution in [3.8, 4) is 0 Å². The zero-order chi connectivity index (χ0) is 11.5. The molecule has 1 fully saturated rings. The van der Waals surface area contributed by atoms with Crippen LogP contribution in [0, 0.1) is 17.3 Å². The van der Waals surface area contributed by atoms with Crippen LogP contribution >= 0.6 is 0 Å². The summed E-state index contributed by atoms with van der Waals surface area (Å²) in [4.78, 5) is 0. The highest BCUT2D eigenvalue weighted by Crippen LogP contribution is 2.55. The minimum absolute atomic E-state index is 0.643. The molecule has 1 saturated carbocycles. The lowest BCUT2D eigenvalue weighted by molar-refractivity contribution is 0.498. The highest BCUT2D eigenvalue weighted by molar-refractivity contribution is 5.08. The van der Waals surface area contributed by atoms with Crippen LogP contribution in [-0.2, 0) is 0 Å². The van der Waals surface area contributed by atoms with Crippen LogP contribution < -0.4 is 0 Å². The van der Waals surface area contributed by atoms with E-state index in [2.05, 4.69) is 40.7 Å². The van der Waals surface area contributed by atoms with Gasteiger partial charge in [-0.05, 0) is 49.9 Å². The zero-order valence-electron chi connectivity index (χ0n) is 11.3. The maximum Gasteiger partial charge on any atom is -0.0287 e. The van der Waals surface area contributed by atoms with Crippen LogP contribution in [0.5, 0.6) is 0 Å². The molecule has 0 aliphatic heterocycles. The molecule has 1 rings (SSSR count). The molecular weight excluding hydrogens is 180 g/mol. The Morgan fingerprint density at radius 2 is 2.07 bits per heavy atom. The first-order valence-electron chi connectivity index (χ1n) is 6.63. The fourth-order valence-electron chi connectivity index (χ4n) is 2.24. The number of hydrogen-bond donors (Lipinski definition) is 0. The van der Waals surface area contributed by atoms with Crippen molar-refractivity contribution in [2.24, 2.45) is 17.3 Å². The van der Waals surface area contributed by atoms with E-state index in [-0.39, 0.29) is 0 Å². The Balaban J connectivity index is 2.26. The van der Waals surface area contributed by atoms with E-state index >= 15 is 0 Å². The van der Waals surface area contributed by atoms with Crippen molar-refractivity contribution in [3.05, 3.63) is 11.6 Å².